The van der Waals surface area contributed by atoms with E-state index in [-0.39, 0.29) is 28.8 Å². The largest absolute Gasteiger partial charge is 0.495 e. The van der Waals surface area contributed by atoms with E-state index in [4.69, 9.17) is 21.1 Å². The predicted molar refractivity (Wildman–Crippen MR) is 97.9 cm³/mol. The maximum atomic E-state index is 13.1. The number of sulfonamides is 1. The minimum Gasteiger partial charge on any atom is -0.495 e. The fourth-order valence-electron chi connectivity index (χ4n) is 2.45. The Balaban J connectivity index is 2.71. The van der Waals surface area contributed by atoms with Gasteiger partial charge in [0, 0.05) is 24.7 Å². The van der Waals surface area contributed by atoms with Crippen LogP contribution in [-0.2, 0) is 10.0 Å². The van der Waals surface area contributed by atoms with Crippen molar-refractivity contribution in [2.45, 2.75) is 11.8 Å². The summed E-state index contributed by atoms with van der Waals surface area (Å²) >= 11 is 6.06. The van der Waals surface area contributed by atoms with Gasteiger partial charge in [0.1, 0.15) is 11.5 Å². The van der Waals surface area contributed by atoms with Gasteiger partial charge in [0.2, 0.25) is 0 Å². The highest BCUT2D eigenvalue weighted by Crippen LogP contribution is 2.40. The Labute approximate surface area is 156 Å². The second kappa shape index (κ2) is 7.79. The van der Waals surface area contributed by atoms with Gasteiger partial charge in [0.05, 0.1) is 29.9 Å². The van der Waals surface area contributed by atoms with E-state index in [9.17, 15) is 18.5 Å². The normalized spacial score (nSPS) is 11.1. The van der Waals surface area contributed by atoms with Gasteiger partial charge in [0.25, 0.3) is 15.7 Å². The van der Waals surface area contributed by atoms with E-state index in [1.54, 1.807) is 6.92 Å². The van der Waals surface area contributed by atoms with Crippen LogP contribution in [0.2, 0.25) is 5.02 Å². The molecule has 0 aromatic heterocycles. The summed E-state index contributed by atoms with van der Waals surface area (Å²) in [6.07, 6.45) is 0. The lowest BCUT2D eigenvalue weighted by atomic mass is 10.2. The van der Waals surface area contributed by atoms with Crippen molar-refractivity contribution in [1.82, 2.24) is 0 Å². The van der Waals surface area contributed by atoms with Crippen molar-refractivity contribution in [2.24, 2.45) is 0 Å². The summed E-state index contributed by atoms with van der Waals surface area (Å²) in [5.41, 5.74) is -0.347. The zero-order valence-electron chi connectivity index (χ0n) is 14.3. The van der Waals surface area contributed by atoms with Gasteiger partial charge in [-0.25, -0.2) is 8.42 Å². The molecule has 0 heterocycles. The van der Waals surface area contributed by atoms with Gasteiger partial charge >= 0.3 is 0 Å². The van der Waals surface area contributed by atoms with Crippen molar-refractivity contribution in [1.29, 1.82) is 0 Å². The maximum absolute atomic E-state index is 13.1. The molecule has 0 aliphatic carbocycles. The quantitative estimate of drug-likeness (QED) is 0.521. The molecule has 0 spiro atoms. The Kier molecular flexibility index (Phi) is 5.94. The van der Waals surface area contributed by atoms with E-state index in [1.807, 2.05) is 0 Å². The van der Waals surface area contributed by atoms with Crippen LogP contribution in [-0.4, -0.2) is 34.1 Å². The second-order valence-corrected chi connectivity index (χ2v) is 7.29. The van der Waals surface area contributed by atoms with Gasteiger partial charge in [-0.1, -0.05) is 23.7 Å². The van der Waals surface area contributed by atoms with Gasteiger partial charge in [-0.15, -0.1) is 0 Å². The molecule has 0 aliphatic heterocycles. The molecule has 140 valence electrons. The molecule has 0 fully saturated rings. The number of hydrogen-bond acceptors (Lipinski definition) is 6. The number of halogens is 1. The molecule has 0 saturated carbocycles. The number of nitrogens with zero attached hydrogens (tertiary/aromatic N) is 2. The number of para-hydroxylation sites is 1. The van der Waals surface area contributed by atoms with Gasteiger partial charge in [-0.3, -0.25) is 14.4 Å². The van der Waals surface area contributed by atoms with Gasteiger partial charge < -0.3 is 9.47 Å². The lowest BCUT2D eigenvalue weighted by molar-refractivity contribution is -0.387. The Morgan fingerprint density at radius 1 is 1.15 bits per heavy atom. The number of nitro groups is 1. The van der Waals surface area contributed by atoms with E-state index >= 15 is 0 Å². The zero-order chi connectivity index (χ0) is 19.5. The van der Waals surface area contributed by atoms with Crippen molar-refractivity contribution in [2.75, 3.05) is 25.1 Å². The monoisotopic (exact) mass is 400 g/mol. The molecule has 26 heavy (non-hydrogen) atoms. The Morgan fingerprint density at radius 2 is 1.77 bits per heavy atom. The second-order valence-electron chi connectivity index (χ2n) is 5.05. The highest BCUT2D eigenvalue weighted by molar-refractivity contribution is 7.93. The molecular weight excluding hydrogens is 384 g/mol. The summed E-state index contributed by atoms with van der Waals surface area (Å²) in [7, 11) is -1.48. The lowest BCUT2D eigenvalue weighted by Gasteiger charge is -2.25. The SMILES string of the molecule is CCN(c1cc(OC)c(Cl)cc1OC)S(=O)(=O)c1ccccc1[N+](=O)[O-]. The summed E-state index contributed by atoms with van der Waals surface area (Å²) in [5, 5.41) is 11.5. The molecule has 2 aromatic rings. The molecule has 0 unspecified atom stereocenters. The van der Waals surface area contributed by atoms with Crippen LogP contribution in [0.25, 0.3) is 0 Å². The smallest absolute Gasteiger partial charge is 0.289 e. The molecule has 2 aromatic carbocycles. The number of hydrogen-bond donors (Lipinski definition) is 0. The van der Waals surface area contributed by atoms with E-state index in [0.717, 1.165) is 10.4 Å². The Morgan fingerprint density at radius 3 is 2.31 bits per heavy atom. The van der Waals surface area contributed by atoms with Crippen LogP contribution in [0.5, 0.6) is 11.5 Å². The average Bonchev–Trinajstić information content (AvgIpc) is 2.62. The number of anilines is 1. The third-order valence-electron chi connectivity index (χ3n) is 3.64. The van der Waals surface area contributed by atoms with E-state index in [0.29, 0.717) is 0 Å². The topological polar surface area (TPSA) is 99.0 Å². The molecular formula is C16H17ClN2O6S. The van der Waals surface area contributed by atoms with Gasteiger partial charge in [0.15, 0.2) is 4.90 Å². The van der Waals surface area contributed by atoms with Crippen LogP contribution in [0.4, 0.5) is 11.4 Å². The highest BCUT2D eigenvalue weighted by atomic mass is 35.5. The molecule has 0 atom stereocenters. The average molecular weight is 401 g/mol. The summed E-state index contributed by atoms with van der Waals surface area (Å²) in [6.45, 7) is 1.61. The van der Waals surface area contributed by atoms with Crippen LogP contribution in [0.1, 0.15) is 6.92 Å². The minimum absolute atomic E-state index is 0.00945. The highest BCUT2D eigenvalue weighted by Gasteiger charge is 2.32. The van der Waals surface area contributed by atoms with Crippen LogP contribution < -0.4 is 13.8 Å². The van der Waals surface area contributed by atoms with Crippen LogP contribution in [0.15, 0.2) is 41.3 Å². The van der Waals surface area contributed by atoms with Crippen LogP contribution in [0.3, 0.4) is 0 Å². The molecule has 0 aliphatic rings. The first-order chi connectivity index (χ1) is 12.3. The number of nitro benzene ring substituents is 1. The summed E-state index contributed by atoms with van der Waals surface area (Å²) in [6, 6.07) is 7.99. The molecule has 0 N–H and O–H groups in total. The standard InChI is InChI=1S/C16H17ClN2O6S/c1-4-18(13-10-14(24-2)11(17)9-15(13)25-3)26(22,23)16-8-6-5-7-12(16)19(20)21/h5-10H,4H2,1-3H3. The van der Waals surface area contributed by atoms with Crippen LogP contribution >= 0.6 is 11.6 Å². The lowest BCUT2D eigenvalue weighted by Crippen LogP contribution is -2.31. The number of rotatable bonds is 7. The fraction of sp³-hybridized carbons (Fsp3) is 0.250. The van der Waals surface area contributed by atoms with Gasteiger partial charge in [-0.05, 0) is 13.0 Å². The summed E-state index contributed by atoms with van der Waals surface area (Å²) in [4.78, 5) is 10.1. The van der Waals surface area contributed by atoms with Gasteiger partial charge in [-0.2, -0.15) is 0 Å². The first-order valence-electron chi connectivity index (χ1n) is 7.45. The predicted octanol–water partition coefficient (Wildman–Crippen LogP) is 3.48. The van der Waals surface area contributed by atoms with E-state index < -0.39 is 25.5 Å². The summed E-state index contributed by atoms with van der Waals surface area (Å²) in [5.74, 6) is 0.443. The van der Waals surface area contributed by atoms with Crippen LogP contribution in [0, 0.1) is 10.1 Å². The third kappa shape index (κ3) is 3.54. The van der Waals surface area contributed by atoms with Crippen molar-refractivity contribution in [3.05, 3.63) is 51.5 Å². The fourth-order valence-corrected chi connectivity index (χ4v) is 4.32. The number of benzene rings is 2. The molecule has 10 heteroatoms. The number of ether oxygens (including phenoxy) is 2. The van der Waals surface area contributed by atoms with Crippen molar-refractivity contribution in [3.63, 3.8) is 0 Å². The molecule has 8 nitrogen and oxygen atoms in total. The Bertz CT molecular complexity index is 932. The number of methoxy groups -OCH3 is 2. The van der Waals surface area contributed by atoms with E-state index in [1.165, 1.54) is 44.6 Å². The summed E-state index contributed by atoms with van der Waals surface area (Å²) < 4.78 is 37.7. The van der Waals surface area contributed by atoms with Crippen molar-refractivity contribution < 1.29 is 22.8 Å². The zero-order valence-corrected chi connectivity index (χ0v) is 15.9. The third-order valence-corrected chi connectivity index (χ3v) is 5.87. The molecule has 2 rings (SSSR count). The first-order valence-corrected chi connectivity index (χ1v) is 9.27. The van der Waals surface area contributed by atoms with E-state index in [2.05, 4.69) is 0 Å². The first kappa shape index (κ1) is 19.8. The Hall–Kier alpha value is -2.52. The minimum atomic E-state index is -4.24. The molecule has 0 amide bonds. The molecule has 0 radical (unpaired) electrons. The maximum Gasteiger partial charge on any atom is 0.289 e. The van der Waals surface area contributed by atoms with Crippen molar-refractivity contribution >= 4 is 33.0 Å². The molecule has 0 bridgehead atoms. The van der Waals surface area contributed by atoms with Crippen molar-refractivity contribution in [3.8, 4) is 11.5 Å². The molecule has 0 saturated heterocycles.